The molecule has 142 valence electrons. The SMILES string of the molecule is O=C(CC1c2ccccc2CCN1S(=O)(=O)c1ccc(F)cc1)NC1CC1. The number of benzene rings is 2. The van der Waals surface area contributed by atoms with Crippen LogP contribution >= 0.6 is 0 Å². The standard InChI is InChI=1S/C20H21FN2O3S/c21-15-5-9-17(10-6-15)27(25,26)23-12-11-14-3-1-2-4-18(14)19(23)13-20(24)22-16-7-8-16/h1-6,9-10,16,19H,7-8,11-13H2,(H,22,24). The molecule has 1 aliphatic carbocycles. The van der Waals surface area contributed by atoms with Gasteiger partial charge in [-0.15, -0.1) is 0 Å². The average Bonchev–Trinajstić information content (AvgIpc) is 3.46. The van der Waals surface area contributed by atoms with E-state index in [4.69, 9.17) is 0 Å². The van der Waals surface area contributed by atoms with Crippen molar-refractivity contribution in [1.29, 1.82) is 0 Å². The van der Waals surface area contributed by atoms with Crippen molar-refractivity contribution in [3.05, 3.63) is 65.5 Å². The molecule has 0 spiro atoms. The van der Waals surface area contributed by atoms with Crippen LogP contribution in [0, 0.1) is 5.82 Å². The average molecular weight is 388 g/mol. The fraction of sp³-hybridized carbons (Fsp3) is 0.350. The van der Waals surface area contributed by atoms with E-state index in [1.165, 1.54) is 16.4 Å². The molecule has 1 amide bonds. The van der Waals surface area contributed by atoms with E-state index in [0.717, 1.165) is 36.1 Å². The Morgan fingerprint density at radius 2 is 1.81 bits per heavy atom. The quantitative estimate of drug-likeness (QED) is 0.857. The summed E-state index contributed by atoms with van der Waals surface area (Å²) in [5, 5.41) is 2.94. The van der Waals surface area contributed by atoms with Crippen molar-refractivity contribution in [3.63, 3.8) is 0 Å². The van der Waals surface area contributed by atoms with E-state index in [2.05, 4.69) is 5.32 Å². The Kier molecular flexibility index (Phi) is 4.74. The first-order valence-corrected chi connectivity index (χ1v) is 10.5. The number of carbonyl (C=O) groups is 1. The molecule has 1 fully saturated rings. The first kappa shape index (κ1) is 18.1. The third-order valence-electron chi connectivity index (χ3n) is 5.10. The van der Waals surface area contributed by atoms with Gasteiger partial charge in [-0.05, 0) is 54.7 Å². The number of nitrogens with zero attached hydrogens (tertiary/aromatic N) is 1. The third kappa shape index (κ3) is 3.75. The predicted molar refractivity (Wildman–Crippen MR) is 99.0 cm³/mol. The van der Waals surface area contributed by atoms with Crippen LogP contribution in [0.5, 0.6) is 0 Å². The molecule has 1 N–H and O–H groups in total. The van der Waals surface area contributed by atoms with Crippen LogP contribution in [0.15, 0.2) is 53.4 Å². The van der Waals surface area contributed by atoms with Crippen LogP contribution in [0.2, 0.25) is 0 Å². The van der Waals surface area contributed by atoms with Crippen LogP contribution in [0.1, 0.15) is 36.4 Å². The minimum absolute atomic E-state index is 0.0379. The van der Waals surface area contributed by atoms with E-state index in [1.54, 1.807) is 0 Å². The molecule has 1 aliphatic heterocycles. The highest BCUT2D eigenvalue weighted by atomic mass is 32.2. The molecule has 7 heteroatoms. The molecule has 2 aliphatic rings. The van der Waals surface area contributed by atoms with E-state index < -0.39 is 21.9 Å². The number of carbonyl (C=O) groups excluding carboxylic acids is 1. The maximum Gasteiger partial charge on any atom is 0.243 e. The molecular formula is C20H21FN2O3S. The lowest BCUT2D eigenvalue weighted by Gasteiger charge is -2.36. The summed E-state index contributed by atoms with van der Waals surface area (Å²) < 4.78 is 41.0. The highest BCUT2D eigenvalue weighted by molar-refractivity contribution is 7.89. The fourth-order valence-electron chi connectivity index (χ4n) is 3.56. The number of sulfonamides is 1. The zero-order valence-corrected chi connectivity index (χ0v) is 15.6. The summed E-state index contributed by atoms with van der Waals surface area (Å²) in [6.07, 6.45) is 2.61. The van der Waals surface area contributed by atoms with Gasteiger partial charge in [-0.25, -0.2) is 12.8 Å². The molecule has 1 saturated carbocycles. The van der Waals surface area contributed by atoms with Crippen LogP contribution in [0.25, 0.3) is 0 Å². The summed E-state index contributed by atoms with van der Waals surface area (Å²) in [5.74, 6) is -0.628. The first-order valence-electron chi connectivity index (χ1n) is 9.10. The lowest BCUT2D eigenvalue weighted by Crippen LogP contribution is -2.42. The Hall–Kier alpha value is -2.25. The van der Waals surface area contributed by atoms with Crippen molar-refractivity contribution < 1.29 is 17.6 Å². The van der Waals surface area contributed by atoms with Gasteiger partial charge in [0.1, 0.15) is 5.82 Å². The summed E-state index contributed by atoms with van der Waals surface area (Å²) in [6.45, 7) is 0.290. The van der Waals surface area contributed by atoms with Crippen molar-refractivity contribution in [3.8, 4) is 0 Å². The molecule has 1 unspecified atom stereocenters. The number of fused-ring (bicyclic) bond motifs is 1. The molecule has 0 saturated heterocycles. The molecule has 2 aromatic rings. The van der Waals surface area contributed by atoms with Crippen LogP contribution < -0.4 is 5.32 Å². The molecule has 0 aromatic heterocycles. The highest BCUT2D eigenvalue weighted by Gasteiger charge is 2.38. The van der Waals surface area contributed by atoms with Gasteiger partial charge in [0, 0.05) is 19.0 Å². The Morgan fingerprint density at radius 1 is 1.11 bits per heavy atom. The Balaban J connectivity index is 1.68. The second-order valence-corrected chi connectivity index (χ2v) is 8.97. The molecule has 5 nitrogen and oxygen atoms in total. The minimum atomic E-state index is -3.84. The van der Waals surface area contributed by atoms with Crippen molar-refractivity contribution in [1.82, 2.24) is 9.62 Å². The first-order chi connectivity index (χ1) is 12.9. The van der Waals surface area contributed by atoms with E-state index in [1.807, 2.05) is 24.3 Å². The molecule has 1 atom stereocenters. The summed E-state index contributed by atoms with van der Waals surface area (Å²) in [5.41, 5.74) is 1.92. The van der Waals surface area contributed by atoms with E-state index in [-0.39, 0.29) is 29.8 Å². The van der Waals surface area contributed by atoms with Crippen LogP contribution in [0.4, 0.5) is 4.39 Å². The predicted octanol–water partition coefficient (Wildman–Crippen LogP) is 2.78. The topological polar surface area (TPSA) is 66.5 Å². The van der Waals surface area contributed by atoms with Gasteiger partial charge in [-0.2, -0.15) is 4.31 Å². The molecule has 4 rings (SSSR count). The summed E-state index contributed by atoms with van der Waals surface area (Å²) in [4.78, 5) is 12.5. The van der Waals surface area contributed by atoms with Crippen LogP contribution in [-0.4, -0.2) is 31.2 Å². The smallest absolute Gasteiger partial charge is 0.243 e. The number of amides is 1. The maximum atomic E-state index is 13.2. The second-order valence-electron chi connectivity index (χ2n) is 7.08. The van der Waals surface area contributed by atoms with Gasteiger partial charge in [-0.1, -0.05) is 24.3 Å². The lowest BCUT2D eigenvalue weighted by atomic mass is 9.92. The number of rotatable bonds is 5. The Bertz CT molecular complexity index is 955. The van der Waals surface area contributed by atoms with Gasteiger partial charge in [-0.3, -0.25) is 4.79 Å². The molecule has 0 bridgehead atoms. The number of hydrogen-bond donors (Lipinski definition) is 1. The molecule has 27 heavy (non-hydrogen) atoms. The van der Waals surface area contributed by atoms with E-state index in [0.29, 0.717) is 6.42 Å². The van der Waals surface area contributed by atoms with Gasteiger partial charge >= 0.3 is 0 Å². The van der Waals surface area contributed by atoms with E-state index >= 15 is 0 Å². The van der Waals surface area contributed by atoms with Crippen LogP contribution in [0.3, 0.4) is 0 Å². The number of nitrogens with one attached hydrogen (secondary N) is 1. The summed E-state index contributed by atoms with van der Waals surface area (Å²) >= 11 is 0. The lowest BCUT2D eigenvalue weighted by molar-refractivity contribution is -0.122. The van der Waals surface area contributed by atoms with Crippen molar-refractivity contribution >= 4 is 15.9 Å². The van der Waals surface area contributed by atoms with Crippen molar-refractivity contribution in [2.24, 2.45) is 0 Å². The monoisotopic (exact) mass is 388 g/mol. The molecule has 2 aromatic carbocycles. The third-order valence-corrected chi connectivity index (χ3v) is 7.03. The Labute approximate surface area is 158 Å². The van der Waals surface area contributed by atoms with Gasteiger partial charge < -0.3 is 5.32 Å². The minimum Gasteiger partial charge on any atom is -0.353 e. The fourth-order valence-corrected chi connectivity index (χ4v) is 5.17. The largest absolute Gasteiger partial charge is 0.353 e. The number of halogens is 1. The second kappa shape index (κ2) is 7.05. The summed E-state index contributed by atoms with van der Waals surface area (Å²) in [7, 11) is -3.84. The molecular weight excluding hydrogens is 367 g/mol. The van der Waals surface area contributed by atoms with Crippen LogP contribution in [-0.2, 0) is 21.2 Å². The Morgan fingerprint density at radius 3 is 2.52 bits per heavy atom. The molecule has 1 heterocycles. The van der Waals surface area contributed by atoms with Crippen molar-refractivity contribution in [2.75, 3.05) is 6.54 Å². The highest BCUT2D eigenvalue weighted by Crippen LogP contribution is 2.36. The zero-order chi connectivity index (χ0) is 19.0. The molecule has 0 radical (unpaired) electrons. The van der Waals surface area contributed by atoms with E-state index in [9.17, 15) is 17.6 Å². The van der Waals surface area contributed by atoms with Gasteiger partial charge in [0.05, 0.1) is 10.9 Å². The zero-order valence-electron chi connectivity index (χ0n) is 14.8. The van der Waals surface area contributed by atoms with Gasteiger partial charge in [0.25, 0.3) is 0 Å². The van der Waals surface area contributed by atoms with Crippen molar-refractivity contribution in [2.45, 2.75) is 42.7 Å². The van der Waals surface area contributed by atoms with Gasteiger partial charge in [0.2, 0.25) is 15.9 Å². The summed E-state index contributed by atoms with van der Waals surface area (Å²) in [6, 6.07) is 12.1. The number of hydrogen-bond acceptors (Lipinski definition) is 3. The normalized spacial score (nSPS) is 20.1. The maximum absolute atomic E-state index is 13.2. The van der Waals surface area contributed by atoms with Gasteiger partial charge in [0.15, 0.2) is 0 Å².